The van der Waals surface area contributed by atoms with Gasteiger partial charge in [0.05, 0.1) is 5.56 Å². The molecule has 0 aliphatic carbocycles. The number of ether oxygens (including phenoxy) is 1. The number of esters is 1. The van der Waals surface area contributed by atoms with E-state index in [4.69, 9.17) is 4.74 Å². The number of carbonyl (C=O) groups excluding carboxylic acids is 1. The van der Waals surface area contributed by atoms with Crippen LogP contribution in [0.2, 0.25) is 0 Å². The fourth-order valence-corrected chi connectivity index (χ4v) is 6.27. The molecule has 4 aromatic rings. The predicted octanol–water partition coefficient (Wildman–Crippen LogP) is 5.79. The molecular weight excluding hydrogens is 423 g/mol. The van der Waals surface area contributed by atoms with Crippen LogP contribution in [0.3, 0.4) is 0 Å². The van der Waals surface area contributed by atoms with E-state index in [1.54, 1.807) is 0 Å². The van der Waals surface area contributed by atoms with E-state index in [0.29, 0.717) is 12.0 Å². The summed E-state index contributed by atoms with van der Waals surface area (Å²) in [6.07, 6.45) is 4.21. The van der Waals surface area contributed by atoms with Crippen molar-refractivity contribution in [2.75, 3.05) is 0 Å². The Kier molecular flexibility index (Phi) is 7.85. The lowest BCUT2D eigenvalue weighted by molar-refractivity contribution is 0.0397. The van der Waals surface area contributed by atoms with Crippen molar-refractivity contribution in [1.29, 1.82) is 0 Å². The summed E-state index contributed by atoms with van der Waals surface area (Å²) in [6, 6.07) is 38.8. The minimum atomic E-state index is -0.899. The Morgan fingerprint density at radius 3 is 1.85 bits per heavy atom. The molecule has 4 aromatic carbocycles. The number of benzene rings is 4. The van der Waals surface area contributed by atoms with Crippen LogP contribution in [-0.4, -0.2) is 12.1 Å². The van der Waals surface area contributed by atoms with Crippen LogP contribution in [0.5, 0.6) is 0 Å². The zero-order valence-electron chi connectivity index (χ0n) is 18.7. The average molecular weight is 451 g/mol. The third-order valence-electron chi connectivity index (χ3n) is 5.34. The molecule has 0 bridgehead atoms. The van der Waals surface area contributed by atoms with Crippen molar-refractivity contribution >= 4 is 29.8 Å². The van der Waals surface area contributed by atoms with Gasteiger partial charge in [0.25, 0.3) is 0 Å². The number of hydrogen-bond acceptors (Lipinski definition) is 2. The van der Waals surface area contributed by atoms with Gasteiger partial charge in [0.2, 0.25) is 0 Å². The number of carbonyl (C=O) groups is 1. The summed E-state index contributed by atoms with van der Waals surface area (Å²) in [5, 5.41) is 3.41. The Labute approximate surface area is 197 Å². The summed E-state index contributed by atoms with van der Waals surface area (Å²) in [6.45, 7) is 1.95. The van der Waals surface area contributed by atoms with Gasteiger partial charge in [0.15, 0.2) is 0 Å². The van der Waals surface area contributed by atoms with Gasteiger partial charge in [-0.1, -0.05) is 115 Å². The number of rotatable bonds is 8. The fraction of sp³-hybridized carbons (Fsp3) is 0.100. The molecule has 33 heavy (non-hydrogen) atoms. The first kappa shape index (κ1) is 22.7. The molecular formula is C30H27O2P. The average Bonchev–Trinajstić information content (AvgIpc) is 2.87. The Hall–Kier alpha value is -3.48. The van der Waals surface area contributed by atoms with E-state index in [1.165, 1.54) is 10.6 Å². The molecule has 0 saturated heterocycles. The molecule has 0 aliphatic heterocycles. The van der Waals surface area contributed by atoms with E-state index in [-0.39, 0.29) is 12.1 Å². The first-order valence-electron chi connectivity index (χ1n) is 11.1. The Bertz CT molecular complexity index is 1150. The van der Waals surface area contributed by atoms with Gasteiger partial charge in [-0.2, -0.15) is 0 Å². The van der Waals surface area contributed by atoms with Crippen molar-refractivity contribution < 1.29 is 9.53 Å². The SMILES string of the molecule is C/C=C/[C@H](Cc1ccccc1)OC(=O)c1ccccc1P(c1ccccc1)c1ccccc1. The molecule has 0 amide bonds. The van der Waals surface area contributed by atoms with E-state index in [0.717, 1.165) is 10.9 Å². The van der Waals surface area contributed by atoms with Gasteiger partial charge < -0.3 is 4.74 Å². The minimum absolute atomic E-state index is 0.288. The van der Waals surface area contributed by atoms with Gasteiger partial charge in [0.1, 0.15) is 6.10 Å². The second-order valence-electron chi connectivity index (χ2n) is 7.68. The summed E-state index contributed by atoms with van der Waals surface area (Å²) in [7, 11) is -0.899. The van der Waals surface area contributed by atoms with Crippen LogP contribution >= 0.6 is 7.92 Å². The molecule has 0 saturated carbocycles. The van der Waals surface area contributed by atoms with Gasteiger partial charge in [-0.3, -0.25) is 0 Å². The lowest BCUT2D eigenvalue weighted by Gasteiger charge is -2.22. The molecule has 0 spiro atoms. The first-order chi connectivity index (χ1) is 16.3. The minimum Gasteiger partial charge on any atom is -0.454 e. The molecule has 0 heterocycles. The van der Waals surface area contributed by atoms with Crippen LogP contribution < -0.4 is 15.9 Å². The molecule has 0 aromatic heterocycles. The van der Waals surface area contributed by atoms with E-state index in [1.807, 2.05) is 67.6 Å². The van der Waals surface area contributed by atoms with Crippen LogP contribution in [0.15, 0.2) is 127 Å². The maximum Gasteiger partial charge on any atom is 0.339 e. The van der Waals surface area contributed by atoms with E-state index in [9.17, 15) is 4.79 Å². The van der Waals surface area contributed by atoms with Crippen LogP contribution in [0.1, 0.15) is 22.8 Å². The summed E-state index contributed by atoms with van der Waals surface area (Å²) in [4.78, 5) is 13.5. The molecule has 2 nitrogen and oxygen atoms in total. The van der Waals surface area contributed by atoms with Gasteiger partial charge in [0, 0.05) is 6.42 Å². The molecule has 1 atom stereocenters. The summed E-state index contributed by atoms with van der Waals surface area (Å²) in [5.41, 5.74) is 1.76. The second-order valence-corrected chi connectivity index (χ2v) is 9.87. The van der Waals surface area contributed by atoms with Crippen molar-refractivity contribution in [3.63, 3.8) is 0 Å². The van der Waals surface area contributed by atoms with Gasteiger partial charge in [-0.25, -0.2) is 4.79 Å². The van der Waals surface area contributed by atoms with Crippen LogP contribution in [0.4, 0.5) is 0 Å². The lowest BCUT2D eigenvalue weighted by atomic mass is 10.1. The Morgan fingerprint density at radius 2 is 1.27 bits per heavy atom. The molecule has 3 heteroatoms. The van der Waals surface area contributed by atoms with Crippen molar-refractivity contribution in [3.8, 4) is 0 Å². The van der Waals surface area contributed by atoms with E-state index in [2.05, 4.69) is 66.7 Å². The molecule has 4 rings (SSSR count). The van der Waals surface area contributed by atoms with Crippen molar-refractivity contribution in [3.05, 3.63) is 139 Å². The largest absolute Gasteiger partial charge is 0.454 e. The molecule has 0 fully saturated rings. The number of hydrogen-bond donors (Lipinski definition) is 0. The zero-order valence-corrected chi connectivity index (χ0v) is 19.6. The van der Waals surface area contributed by atoms with Crippen LogP contribution in [-0.2, 0) is 11.2 Å². The molecule has 0 aliphatic rings. The Balaban J connectivity index is 1.68. The molecule has 164 valence electrons. The predicted molar refractivity (Wildman–Crippen MR) is 139 cm³/mol. The van der Waals surface area contributed by atoms with Gasteiger partial charge in [-0.15, -0.1) is 0 Å². The normalized spacial score (nSPS) is 12.1. The Morgan fingerprint density at radius 1 is 0.758 bits per heavy atom. The monoisotopic (exact) mass is 450 g/mol. The standard InChI is InChI=1S/C30H27O2P/c1-2-14-25(23-24-15-6-3-7-16-24)32-30(31)28-21-12-13-22-29(28)33(26-17-8-4-9-18-26)27-19-10-5-11-20-27/h2-22,25H,23H2,1H3/b14-2+/t25-/m1/s1. The van der Waals surface area contributed by atoms with Crippen molar-refractivity contribution in [2.45, 2.75) is 19.4 Å². The third kappa shape index (κ3) is 5.86. The van der Waals surface area contributed by atoms with Crippen molar-refractivity contribution in [2.24, 2.45) is 0 Å². The highest BCUT2D eigenvalue weighted by atomic mass is 31.1. The van der Waals surface area contributed by atoms with Crippen molar-refractivity contribution in [1.82, 2.24) is 0 Å². The third-order valence-corrected chi connectivity index (χ3v) is 7.84. The van der Waals surface area contributed by atoms with Crippen LogP contribution in [0.25, 0.3) is 0 Å². The maximum atomic E-state index is 13.5. The summed E-state index contributed by atoms with van der Waals surface area (Å²) >= 11 is 0. The zero-order chi connectivity index (χ0) is 22.9. The topological polar surface area (TPSA) is 26.3 Å². The fourth-order valence-electron chi connectivity index (χ4n) is 3.83. The van der Waals surface area contributed by atoms with E-state index < -0.39 is 7.92 Å². The molecule has 0 N–H and O–H groups in total. The second kappa shape index (κ2) is 11.4. The molecule has 0 unspecified atom stereocenters. The number of allylic oxidation sites excluding steroid dienone is 1. The first-order valence-corrected chi connectivity index (χ1v) is 12.5. The molecule has 0 radical (unpaired) electrons. The van der Waals surface area contributed by atoms with Gasteiger partial charge in [-0.05, 0) is 48.5 Å². The van der Waals surface area contributed by atoms with E-state index >= 15 is 0 Å². The quantitative estimate of drug-likeness (QED) is 0.193. The summed E-state index contributed by atoms with van der Waals surface area (Å²) in [5.74, 6) is -0.288. The van der Waals surface area contributed by atoms with Crippen LogP contribution in [0, 0.1) is 0 Å². The van der Waals surface area contributed by atoms with Gasteiger partial charge >= 0.3 is 5.97 Å². The maximum absolute atomic E-state index is 13.5. The highest BCUT2D eigenvalue weighted by Gasteiger charge is 2.24. The lowest BCUT2D eigenvalue weighted by Crippen LogP contribution is -2.27. The highest BCUT2D eigenvalue weighted by molar-refractivity contribution is 7.80. The highest BCUT2D eigenvalue weighted by Crippen LogP contribution is 2.34. The summed E-state index contributed by atoms with van der Waals surface area (Å²) < 4.78 is 6.03. The smallest absolute Gasteiger partial charge is 0.339 e.